The molecule has 1 aromatic heterocycles. The van der Waals surface area contributed by atoms with Crippen LogP contribution < -0.4 is 15.8 Å². The average molecular weight is 422 g/mol. The number of methoxy groups -OCH3 is 1. The lowest BCUT2D eigenvalue weighted by Gasteiger charge is -2.15. The number of anilines is 1. The molecule has 0 saturated heterocycles. The van der Waals surface area contributed by atoms with Crippen molar-refractivity contribution < 1.29 is 9.13 Å². The van der Waals surface area contributed by atoms with Crippen LogP contribution in [-0.2, 0) is 0 Å². The molecule has 1 aliphatic carbocycles. The van der Waals surface area contributed by atoms with Gasteiger partial charge in [0.25, 0.3) is 0 Å². The zero-order valence-electron chi connectivity index (χ0n) is 17.9. The molecule has 0 bridgehead atoms. The fourth-order valence-electron chi connectivity index (χ4n) is 3.53. The highest BCUT2D eigenvalue weighted by Crippen LogP contribution is 2.28. The number of hydrogen-bond acceptors (Lipinski definition) is 5. The van der Waals surface area contributed by atoms with Crippen molar-refractivity contribution in [2.75, 3.05) is 19.5 Å². The molecule has 0 radical (unpaired) electrons. The van der Waals surface area contributed by atoms with Gasteiger partial charge in [-0.1, -0.05) is 25.3 Å². The fourth-order valence-corrected chi connectivity index (χ4v) is 3.53. The summed E-state index contributed by atoms with van der Waals surface area (Å²) in [4.78, 5) is 0. The summed E-state index contributed by atoms with van der Waals surface area (Å²) in [5, 5.41) is 16.3. The predicted molar refractivity (Wildman–Crippen MR) is 121 cm³/mol. The summed E-state index contributed by atoms with van der Waals surface area (Å²) >= 11 is 0. The Morgan fingerprint density at radius 1 is 1.13 bits per heavy atom. The molecule has 3 aromatic rings. The molecule has 4 rings (SSSR count). The van der Waals surface area contributed by atoms with E-state index in [1.807, 2.05) is 36.4 Å². The zero-order valence-corrected chi connectivity index (χ0v) is 17.9. The molecule has 0 amide bonds. The Morgan fingerprint density at radius 2 is 1.84 bits per heavy atom. The number of nitriles is 1. The van der Waals surface area contributed by atoms with E-state index in [1.54, 1.807) is 24.9 Å². The second-order valence-electron chi connectivity index (χ2n) is 7.48. The van der Waals surface area contributed by atoms with E-state index < -0.39 is 5.82 Å². The van der Waals surface area contributed by atoms with E-state index in [2.05, 4.69) is 10.4 Å². The summed E-state index contributed by atoms with van der Waals surface area (Å²) in [6.45, 7) is 0. The van der Waals surface area contributed by atoms with E-state index in [1.165, 1.54) is 44.2 Å². The van der Waals surface area contributed by atoms with Gasteiger partial charge in [-0.3, -0.25) is 0 Å². The van der Waals surface area contributed by atoms with Crippen LogP contribution in [0.5, 0.6) is 5.75 Å². The SMILES string of the molecule is CNc1cc(-c2ccc(C#N)c(F)c2)n(-c2ccc(OC)cc2)n1.NC1CCCCC1. The summed E-state index contributed by atoms with van der Waals surface area (Å²) in [5.74, 6) is 0.847. The first-order chi connectivity index (χ1) is 15.0. The van der Waals surface area contributed by atoms with Crippen molar-refractivity contribution in [2.24, 2.45) is 5.73 Å². The molecule has 3 N–H and O–H groups in total. The number of ether oxygens (including phenoxy) is 1. The van der Waals surface area contributed by atoms with Gasteiger partial charge in [0.1, 0.15) is 23.5 Å². The second kappa shape index (κ2) is 10.6. The Kier molecular flexibility index (Phi) is 7.63. The largest absolute Gasteiger partial charge is 0.497 e. The van der Waals surface area contributed by atoms with Gasteiger partial charge in [0, 0.05) is 24.7 Å². The van der Waals surface area contributed by atoms with Crippen LogP contribution in [0.15, 0.2) is 48.5 Å². The molecule has 1 aliphatic rings. The van der Waals surface area contributed by atoms with Crippen LogP contribution in [0, 0.1) is 17.1 Å². The van der Waals surface area contributed by atoms with Gasteiger partial charge in [-0.25, -0.2) is 9.07 Å². The minimum atomic E-state index is -0.552. The number of nitrogens with one attached hydrogen (secondary N) is 1. The van der Waals surface area contributed by atoms with Crippen molar-refractivity contribution >= 4 is 5.82 Å². The molecule has 6 nitrogen and oxygen atoms in total. The van der Waals surface area contributed by atoms with E-state index in [0.717, 1.165) is 11.4 Å². The zero-order chi connectivity index (χ0) is 22.2. The molecule has 7 heteroatoms. The maximum absolute atomic E-state index is 14.0. The average Bonchev–Trinajstić information content (AvgIpc) is 3.24. The summed E-state index contributed by atoms with van der Waals surface area (Å²) < 4.78 is 20.9. The molecule has 0 unspecified atom stereocenters. The Bertz CT molecular complexity index is 1030. The van der Waals surface area contributed by atoms with E-state index in [-0.39, 0.29) is 5.56 Å². The molecule has 1 fully saturated rings. The second-order valence-corrected chi connectivity index (χ2v) is 7.48. The third-order valence-electron chi connectivity index (χ3n) is 5.32. The minimum absolute atomic E-state index is 0.0168. The van der Waals surface area contributed by atoms with Crippen LogP contribution in [0.25, 0.3) is 16.9 Å². The number of halogens is 1. The topological polar surface area (TPSA) is 88.9 Å². The Labute approximate surface area is 182 Å². The maximum Gasteiger partial charge on any atom is 0.148 e. The lowest BCUT2D eigenvalue weighted by atomic mass is 9.97. The Hall–Kier alpha value is -3.37. The lowest BCUT2D eigenvalue weighted by molar-refractivity contribution is 0.414. The maximum atomic E-state index is 14.0. The number of benzene rings is 2. The van der Waals surface area contributed by atoms with E-state index in [0.29, 0.717) is 23.1 Å². The van der Waals surface area contributed by atoms with Gasteiger partial charge in [-0.15, -0.1) is 5.10 Å². The third kappa shape index (κ3) is 5.62. The quantitative estimate of drug-likeness (QED) is 0.627. The van der Waals surface area contributed by atoms with Gasteiger partial charge in [-0.05, 0) is 49.2 Å². The van der Waals surface area contributed by atoms with Crippen LogP contribution in [0.3, 0.4) is 0 Å². The minimum Gasteiger partial charge on any atom is -0.497 e. The van der Waals surface area contributed by atoms with Gasteiger partial charge in [0.05, 0.1) is 24.1 Å². The summed E-state index contributed by atoms with van der Waals surface area (Å²) in [6, 6.07) is 16.1. The van der Waals surface area contributed by atoms with Crippen molar-refractivity contribution in [3.05, 3.63) is 59.9 Å². The fraction of sp³-hybridized carbons (Fsp3) is 0.333. The van der Waals surface area contributed by atoms with Gasteiger partial charge >= 0.3 is 0 Å². The molecule has 1 saturated carbocycles. The summed E-state index contributed by atoms with van der Waals surface area (Å²) in [6.07, 6.45) is 6.66. The molecule has 0 aliphatic heterocycles. The first-order valence-corrected chi connectivity index (χ1v) is 10.4. The van der Waals surface area contributed by atoms with Crippen LogP contribution in [-0.4, -0.2) is 30.0 Å². The smallest absolute Gasteiger partial charge is 0.148 e. The van der Waals surface area contributed by atoms with Gasteiger partial charge in [-0.2, -0.15) is 5.26 Å². The third-order valence-corrected chi connectivity index (χ3v) is 5.32. The van der Waals surface area contributed by atoms with Gasteiger partial charge in [0.2, 0.25) is 0 Å². The highest BCUT2D eigenvalue weighted by atomic mass is 19.1. The molecule has 0 atom stereocenters. The van der Waals surface area contributed by atoms with E-state index in [9.17, 15) is 4.39 Å². The van der Waals surface area contributed by atoms with E-state index >= 15 is 0 Å². The first-order valence-electron chi connectivity index (χ1n) is 10.4. The van der Waals surface area contributed by atoms with E-state index in [4.69, 9.17) is 15.7 Å². The summed E-state index contributed by atoms with van der Waals surface area (Å²) in [7, 11) is 3.37. The van der Waals surface area contributed by atoms with Crippen molar-refractivity contribution in [3.8, 4) is 28.8 Å². The number of hydrogen-bond donors (Lipinski definition) is 2. The normalized spacial score (nSPS) is 13.6. The Balaban J connectivity index is 0.000000330. The van der Waals surface area contributed by atoms with Crippen molar-refractivity contribution in [2.45, 2.75) is 38.1 Å². The monoisotopic (exact) mass is 421 g/mol. The number of aromatic nitrogens is 2. The molecule has 31 heavy (non-hydrogen) atoms. The number of nitrogens with two attached hydrogens (primary N) is 1. The summed E-state index contributed by atoms with van der Waals surface area (Å²) in [5.41, 5.74) is 7.82. The highest BCUT2D eigenvalue weighted by Gasteiger charge is 2.13. The van der Waals surface area contributed by atoms with Crippen LogP contribution >= 0.6 is 0 Å². The van der Waals surface area contributed by atoms with Crippen molar-refractivity contribution in [1.29, 1.82) is 5.26 Å². The van der Waals surface area contributed by atoms with Crippen molar-refractivity contribution in [3.63, 3.8) is 0 Å². The first kappa shape index (κ1) is 22.3. The van der Waals surface area contributed by atoms with Crippen LogP contribution in [0.4, 0.5) is 10.2 Å². The van der Waals surface area contributed by atoms with Crippen LogP contribution in [0.2, 0.25) is 0 Å². The highest BCUT2D eigenvalue weighted by molar-refractivity contribution is 5.67. The van der Waals surface area contributed by atoms with Gasteiger partial charge < -0.3 is 15.8 Å². The molecular formula is C24H28FN5O. The van der Waals surface area contributed by atoms with Gasteiger partial charge in [0.15, 0.2) is 0 Å². The number of nitrogens with zero attached hydrogens (tertiary/aromatic N) is 3. The number of rotatable bonds is 4. The molecule has 162 valence electrons. The molecule has 2 aromatic carbocycles. The molecule has 0 spiro atoms. The lowest BCUT2D eigenvalue weighted by Crippen LogP contribution is -2.22. The predicted octanol–water partition coefficient (Wildman–Crippen LogP) is 4.88. The van der Waals surface area contributed by atoms with Crippen LogP contribution in [0.1, 0.15) is 37.7 Å². The standard InChI is InChI=1S/C18H15FN4O.C6H13N/c1-21-18-10-17(12-3-4-13(11-20)16(19)9-12)23(22-18)14-5-7-15(24-2)8-6-14;7-6-4-2-1-3-5-6/h3-10H,1-2H3,(H,21,22);6H,1-5,7H2. The molecule has 1 heterocycles. The Morgan fingerprint density at radius 3 is 2.35 bits per heavy atom. The van der Waals surface area contributed by atoms with Crippen molar-refractivity contribution in [1.82, 2.24) is 9.78 Å². The molecular weight excluding hydrogens is 393 g/mol.